The molecule has 0 fully saturated rings. The van der Waals surface area contributed by atoms with Crippen LogP contribution in [0.4, 0.5) is 0 Å². The van der Waals surface area contributed by atoms with Crippen molar-refractivity contribution in [2.45, 2.75) is 11.7 Å². The fraction of sp³-hybridized carbons (Fsp3) is 0.222. The van der Waals surface area contributed by atoms with Crippen LogP contribution in [-0.4, -0.2) is 29.7 Å². The van der Waals surface area contributed by atoms with Gasteiger partial charge in [-0.15, -0.1) is 11.8 Å². The number of thioether (sulfide) groups is 1. The van der Waals surface area contributed by atoms with E-state index < -0.39 is 5.97 Å². The fourth-order valence-corrected chi connectivity index (χ4v) is 3.27. The number of aliphatic carboxylic acids is 1. The van der Waals surface area contributed by atoms with E-state index in [1.165, 1.54) is 11.8 Å². The number of carboxylic acid groups (broad SMARTS) is 1. The maximum absolute atomic E-state index is 12.5. The van der Waals surface area contributed by atoms with Gasteiger partial charge in [-0.1, -0.05) is 23.7 Å². The molecule has 0 saturated carbocycles. The van der Waals surface area contributed by atoms with Gasteiger partial charge in [-0.05, 0) is 42.0 Å². The summed E-state index contributed by atoms with van der Waals surface area (Å²) in [6.07, 6.45) is 0.214. The van der Waals surface area contributed by atoms with Crippen molar-refractivity contribution in [3.63, 3.8) is 0 Å². The average Bonchev–Trinajstić information content (AvgIpc) is 2.59. The smallest absolute Gasteiger partial charge is 0.313 e. The van der Waals surface area contributed by atoms with Gasteiger partial charge in [0.1, 0.15) is 5.75 Å². The number of Topliss-reactive ketones (excluding diaryl/α,β-unsaturated/α-hetero) is 1. The van der Waals surface area contributed by atoms with Gasteiger partial charge < -0.3 is 9.84 Å². The molecule has 24 heavy (non-hydrogen) atoms. The standard InChI is InChI=1S/C18H17ClO4S/c1-23-15-8-4-12(5-9-15)16(20)10-17(24-11-18(21)22)13-2-6-14(19)7-3-13/h2-9,17H,10-11H2,1H3,(H,21,22). The third kappa shape index (κ3) is 5.28. The van der Waals surface area contributed by atoms with Crippen LogP contribution in [0.25, 0.3) is 0 Å². The molecular formula is C18H17ClO4S. The molecule has 0 bridgehead atoms. The van der Waals surface area contributed by atoms with E-state index in [4.69, 9.17) is 21.4 Å². The Balaban J connectivity index is 2.15. The predicted molar refractivity (Wildman–Crippen MR) is 96.2 cm³/mol. The summed E-state index contributed by atoms with van der Waals surface area (Å²) in [6, 6.07) is 14.0. The Bertz CT molecular complexity index is 698. The Hall–Kier alpha value is -1.98. The first-order valence-corrected chi connectivity index (χ1v) is 8.68. The van der Waals surface area contributed by atoms with E-state index in [0.717, 1.165) is 5.56 Å². The molecule has 6 heteroatoms. The number of rotatable bonds is 8. The predicted octanol–water partition coefficient (Wildman–Crippen LogP) is 4.48. The van der Waals surface area contributed by atoms with E-state index in [0.29, 0.717) is 16.3 Å². The number of carboxylic acids is 1. The molecule has 0 amide bonds. The second-order valence-corrected chi connectivity index (χ2v) is 6.73. The van der Waals surface area contributed by atoms with Crippen LogP contribution in [-0.2, 0) is 4.79 Å². The van der Waals surface area contributed by atoms with Crippen molar-refractivity contribution in [1.29, 1.82) is 0 Å². The van der Waals surface area contributed by atoms with Gasteiger partial charge in [0.25, 0.3) is 0 Å². The van der Waals surface area contributed by atoms with Crippen molar-refractivity contribution in [3.05, 3.63) is 64.7 Å². The number of halogens is 1. The number of ketones is 1. The van der Waals surface area contributed by atoms with Crippen LogP contribution in [0.1, 0.15) is 27.6 Å². The van der Waals surface area contributed by atoms with Gasteiger partial charge in [0.2, 0.25) is 0 Å². The van der Waals surface area contributed by atoms with Crippen LogP contribution in [0, 0.1) is 0 Å². The summed E-state index contributed by atoms with van der Waals surface area (Å²) in [5.41, 5.74) is 1.46. The minimum Gasteiger partial charge on any atom is -0.497 e. The molecule has 2 rings (SSSR count). The number of carbonyl (C=O) groups excluding carboxylic acids is 1. The van der Waals surface area contributed by atoms with Crippen molar-refractivity contribution in [3.8, 4) is 5.75 Å². The molecule has 0 heterocycles. The average molecular weight is 365 g/mol. The van der Waals surface area contributed by atoms with Gasteiger partial charge in [0, 0.05) is 22.3 Å². The van der Waals surface area contributed by atoms with Crippen molar-refractivity contribution in [2.24, 2.45) is 0 Å². The largest absolute Gasteiger partial charge is 0.497 e. The van der Waals surface area contributed by atoms with Crippen molar-refractivity contribution >= 4 is 35.1 Å². The zero-order valence-corrected chi connectivity index (χ0v) is 14.6. The van der Waals surface area contributed by atoms with Crippen LogP contribution < -0.4 is 4.74 Å². The summed E-state index contributed by atoms with van der Waals surface area (Å²) >= 11 is 7.13. The Morgan fingerprint density at radius 1 is 1.12 bits per heavy atom. The Labute approximate surface area is 149 Å². The van der Waals surface area contributed by atoms with Gasteiger partial charge in [-0.3, -0.25) is 9.59 Å². The summed E-state index contributed by atoms with van der Waals surface area (Å²) in [4.78, 5) is 23.4. The zero-order chi connectivity index (χ0) is 17.5. The minimum absolute atomic E-state index is 0.0458. The van der Waals surface area contributed by atoms with Gasteiger partial charge in [0.15, 0.2) is 5.78 Å². The molecule has 1 atom stereocenters. The van der Waals surface area contributed by atoms with Crippen LogP contribution in [0.5, 0.6) is 5.75 Å². The quantitative estimate of drug-likeness (QED) is 0.699. The first-order valence-electron chi connectivity index (χ1n) is 7.25. The highest BCUT2D eigenvalue weighted by Crippen LogP contribution is 2.34. The van der Waals surface area contributed by atoms with Gasteiger partial charge in [-0.2, -0.15) is 0 Å². The number of benzene rings is 2. The zero-order valence-electron chi connectivity index (χ0n) is 13.1. The molecule has 126 valence electrons. The lowest BCUT2D eigenvalue weighted by molar-refractivity contribution is -0.133. The Kier molecular flexibility index (Phi) is 6.70. The van der Waals surface area contributed by atoms with Gasteiger partial charge >= 0.3 is 5.97 Å². The second-order valence-electron chi connectivity index (χ2n) is 5.10. The molecule has 0 saturated heterocycles. The highest BCUT2D eigenvalue weighted by molar-refractivity contribution is 8.00. The van der Waals surface area contributed by atoms with Crippen molar-refractivity contribution in [1.82, 2.24) is 0 Å². The lowest BCUT2D eigenvalue weighted by Gasteiger charge is -2.16. The van der Waals surface area contributed by atoms with Crippen molar-refractivity contribution in [2.75, 3.05) is 12.9 Å². The molecule has 1 unspecified atom stereocenters. The second kappa shape index (κ2) is 8.76. The molecule has 0 aliphatic carbocycles. The molecule has 0 aliphatic rings. The highest BCUT2D eigenvalue weighted by atomic mass is 35.5. The molecule has 4 nitrogen and oxygen atoms in total. The van der Waals surface area contributed by atoms with Crippen LogP contribution in [0.2, 0.25) is 5.02 Å². The third-order valence-electron chi connectivity index (χ3n) is 3.43. The van der Waals surface area contributed by atoms with E-state index in [2.05, 4.69) is 0 Å². The number of hydrogen-bond acceptors (Lipinski definition) is 4. The molecule has 0 aliphatic heterocycles. The van der Waals surface area contributed by atoms with Gasteiger partial charge in [0.05, 0.1) is 12.9 Å². The monoisotopic (exact) mass is 364 g/mol. The number of methoxy groups -OCH3 is 1. The first kappa shape index (κ1) is 18.4. The highest BCUT2D eigenvalue weighted by Gasteiger charge is 2.19. The summed E-state index contributed by atoms with van der Waals surface area (Å²) < 4.78 is 5.08. The SMILES string of the molecule is COc1ccc(C(=O)CC(SCC(=O)O)c2ccc(Cl)cc2)cc1. The van der Waals surface area contributed by atoms with Gasteiger partial charge in [-0.25, -0.2) is 0 Å². The maximum atomic E-state index is 12.5. The first-order chi connectivity index (χ1) is 11.5. The van der Waals surface area contributed by atoms with Crippen LogP contribution in [0.15, 0.2) is 48.5 Å². The maximum Gasteiger partial charge on any atom is 0.313 e. The van der Waals surface area contributed by atoms with E-state index in [9.17, 15) is 9.59 Å². The fourth-order valence-electron chi connectivity index (χ4n) is 2.19. The molecule has 0 spiro atoms. The number of ether oxygens (including phenoxy) is 1. The minimum atomic E-state index is -0.907. The third-order valence-corrected chi connectivity index (χ3v) is 4.94. The topological polar surface area (TPSA) is 63.6 Å². The molecule has 2 aromatic carbocycles. The van der Waals surface area contributed by atoms with Crippen molar-refractivity contribution < 1.29 is 19.4 Å². The lowest BCUT2D eigenvalue weighted by Crippen LogP contribution is -2.08. The molecular weight excluding hydrogens is 348 g/mol. The van der Waals surface area contributed by atoms with Crippen LogP contribution >= 0.6 is 23.4 Å². The molecule has 2 aromatic rings. The Morgan fingerprint density at radius 3 is 2.29 bits per heavy atom. The molecule has 0 radical (unpaired) electrons. The van der Waals surface area contributed by atoms with E-state index in [1.807, 2.05) is 12.1 Å². The summed E-state index contributed by atoms with van der Waals surface area (Å²) in [5.74, 6) is -0.337. The summed E-state index contributed by atoms with van der Waals surface area (Å²) in [6.45, 7) is 0. The lowest BCUT2D eigenvalue weighted by atomic mass is 10.0. The van der Waals surface area contributed by atoms with E-state index >= 15 is 0 Å². The van der Waals surface area contributed by atoms with Crippen LogP contribution in [0.3, 0.4) is 0 Å². The Morgan fingerprint density at radius 2 is 1.75 bits per heavy atom. The molecule has 1 N–H and O–H groups in total. The van der Waals surface area contributed by atoms with E-state index in [1.54, 1.807) is 43.5 Å². The number of hydrogen-bond donors (Lipinski definition) is 1. The summed E-state index contributed by atoms with van der Waals surface area (Å²) in [5, 5.41) is 9.28. The summed E-state index contributed by atoms with van der Waals surface area (Å²) in [7, 11) is 1.57. The molecule has 0 aromatic heterocycles. The van der Waals surface area contributed by atoms with E-state index in [-0.39, 0.29) is 23.2 Å². The number of carbonyl (C=O) groups is 2. The normalized spacial score (nSPS) is 11.8.